The Labute approximate surface area is 277 Å². The van der Waals surface area contributed by atoms with E-state index in [1.807, 2.05) is 0 Å². The van der Waals surface area contributed by atoms with Crippen LogP contribution in [-0.2, 0) is 38.0 Å². The summed E-state index contributed by atoms with van der Waals surface area (Å²) in [6.45, 7) is 23.7. The van der Waals surface area contributed by atoms with Crippen molar-refractivity contribution < 1.29 is 38.0 Å². The first-order valence-electron chi connectivity index (χ1n) is 17.2. The van der Waals surface area contributed by atoms with Crippen LogP contribution in [-0.4, -0.2) is 110 Å². The van der Waals surface area contributed by atoms with Crippen molar-refractivity contribution in [1.82, 2.24) is 15.5 Å². The van der Waals surface area contributed by atoms with E-state index in [4.69, 9.17) is 28.4 Å². The molecule has 0 atom stereocenters. The molecule has 4 saturated heterocycles. The summed E-state index contributed by atoms with van der Waals surface area (Å²) in [5, 5.41) is 7.35. The number of esters is 2. The highest BCUT2D eigenvalue weighted by atomic mass is 16.7. The first-order chi connectivity index (χ1) is 21.1. The van der Waals surface area contributed by atoms with E-state index >= 15 is 0 Å². The number of nitrogens with one attached hydrogen (secondary N) is 2. The third-order valence-corrected chi connectivity index (χ3v) is 10.1. The molecule has 0 aromatic rings. The number of likely N-dealkylation sites (N-methyl/N-ethyl adjacent to an activating group) is 1. The van der Waals surface area contributed by atoms with Crippen molar-refractivity contribution in [3.05, 3.63) is 0 Å². The summed E-state index contributed by atoms with van der Waals surface area (Å²) < 4.78 is 37.2. The summed E-state index contributed by atoms with van der Waals surface area (Å²) in [5.74, 6) is -2.08. The molecule has 0 aromatic heterocycles. The predicted molar refractivity (Wildman–Crippen MR) is 175 cm³/mol. The van der Waals surface area contributed by atoms with Crippen molar-refractivity contribution in [2.75, 3.05) is 59.8 Å². The van der Waals surface area contributed by atoms with Crippen LogP contribution in [0.3, 0.4) is 0 Å². The van der Waals surface area contributed by atoms with Crippen LogP contribution >= 0.6 is 0 Å². The van der Waals surface area contributed by atoms with Crippen molar-refractivity contribution in [3.8, 4) is 0 Å². The molecule has 11 heteroatoms. The number of carbonyl (C=O) groups is 2. The second-order valence-corrected chi connectivity index (χ2v) is 17.7. The highest BCUT2D eigenvalue weighted by Crippen LogP contribution is 2.46. The Bertz CT molecular complexity index is 967. The van der Waals surface area contributed by atoms with Crippen LogP contribution < -0.4 is 10.6 Å². The molecule has 46 heavy (non-hydrogen) atoms. The first-order valence-corrected chi connectivity index (χ1v) is 17.2. The summed E-state index contributed by atoms with van der Waals surface area (Å²) in [6, 6.07) is 0. The van der Waals surface area contributed by atoms with Crippen LogP contribution in [0, 0.1) is 10.8 Å². The number of hydrogen-bond acceptors (Lipinski definition) is 11. The van der Waals surface area contributed by atoms with Crippen LogP contribution in [0.15, 0.2) is 0 Å². The third-order valence-electron chi connectivity index (χ3n) is 10.1. The Morgan fingerprint density at radius 2 is 0.870 bits per heavy atom. The van der Waals surface area contributed by atoms with Gasteiger partial charge in [-0.3, -0.25) is 14.5 Å². The highest BCUT2D eigenvalue weighted by molar-refractivity contribution is 5.75. The summed E-state index contributed by atoms with van der Waals surface area (Å²) in [7, 11) is 1.71. The van der Waals surface area contributed by atoms with E-state index in [0.29, 0.717) is 26.4 Å². The molecule has 4 aliphatic heterocycles. The van der Waals surface area contributed by atoms with Crippen molar-refractivity contribution in [3.63, 3.8) is 0 Å². The number of hydrogen-bond donors (Lipinski definition) is 2. The predicted octanol–water partition coefficient (Wildman–Crippen LogP) is 4.16. The van der Waals surface area contributed by atoms with E-state index in [9.17, 15) is 9.59 Å². The average molecular weight is 654 g/mol. The smallest absolute Gasteiger partial charge is 0.320 e. The van der Waals surface area contributed by atoms with Crippen LogP contribution in [0.4, 0.5) is 0 Å². The van der Waals surface area contributed by atoms with E-state index in [0.717, 1.165) is 38.5 Å². The van der Waals surface area contributed by atoms with Gasteiger partial charge in [0.25, 0.3) is 0 Å². The number of rotatable bonds is 10. The van der Waals surface area contributed by atoms with Gasteiger partial charge in [0.05, 0.1) is 50.3 Å². The fourth-order valence-electron chi connectivity index (χ4n) is 8.37. The van der Waals surface area contributed by atoms with Crippen molar-refractivity contribution in [2.24, 2.45) is 10.8 Å². The van der Waals surface area contributed by atoms with Gasteiger partial charge in [-0.2, -0.15) is 0 Å². The quantitative estimate of drug-likeness (QED) is 0.331. The van der Waals surface area contributed by atoms with Crippen molar-refractivity contribution in [2.45, 2.75) is 141 Å². The van der Waals surface area contributed by atoms with Gasteiger partial charge >= 0.3 is 11.9 Å². The molecule has 0 aromatic carbocycles. The standard InChI is InChI=1S/C35H63N3O8/c1-12-32(22-43-34(44-23-32)16-28(3,4)36-29(5,6)17-34)20-41-26(39)14-38(11)15-27(40)42-21-33(13-2)24-45-35(46-25-33)18-30(7,8)37-31(9,10)19-35/h36-37H,12-25H2,1-11H3. The van der Waals surface area contributed by atoms with Gasteiger partial charge in [-0.15, -0.1) is 0 Å². The molecule has 4 heterocycles. The van der Waals surface area contributed by atoms with Crippen molar-refractivity contribution >= 4 is 11.9 Å². The van der Waals surface area contributed by atoms with E-state index in [-0.39, 0.29) is 48.5 Å². The lowest BCUT2D eigenvalue weighted by molar-refractivity contribution is -0.332. The highest BCUT2D eigenvalue weighted by Gasteiger charge is 2.54. The maximum absolute atomic E-state index is 12.8. The molecule has 4 aliphatic rings. The zero-order chi connectivity index (χ0) is 34.3. The largest absolute Gasteiger partial charge is 0.464 e. The molecule has 2 N–H and O–H groups in total. The summed E-state index contributed by atoms with van der Waals surface area (Å²) >= 11 is 0. The molecule has 0 radical (unpaired) electrons. The topological polar surface area (TPSA) is 117 Å². The molecule has 0 unspecified atom stereocenters. The molecule has 2 spiro atoms. The monoisotopic (exact) mass is 653 g/mol. The molecule has 0 bridgehead atoms. The van der Waals surface area contributed by atoms with Gasteiger partial charge in [-0.25, -0.2) is 0 Å². The van der Waals surface area contributed by atoms with Crippen LogP contribution in [0.2, 0.25) is 0 Å². The molecule has 0 aliphatic carbocycles. The van der Waals surface area contributed by atoms with Crippen molar-refractivity contribution in [1.29, 1.82) is 0 Å². The Morgan fingerprint density at radius 3 is 1.13 bits per heavy atom. The first kappa shape index (κ1) is 37.5. The van der Waals surface area contributed by atoms with Gasteiger partial charge in [-0.05, 0) is 75.3 Å². The normalized spacial score (nSPS) is 28.1. The second kappa shape index (κ2) is 13.2. The van der Waals surface area contributed by atoms with E-state index in [1.54, 1.807) is 11.9 Å². The molecule has 4 rings (SSSR count). The molecular weight excluding hydrogens is 590 g/mol. The summed E-state index contributed by atoms with van der Waals surface area (Å²) in [6.07, 6.45) is 4.50. The van der Waals surface area contributed by atoms with Gasteiger partial charge < -0.3 is 39.1 Å². The van der Waals surface area contributed by atoms with Gasteiger partial charge in [0.15, 0.2) is 11.6 Å². The van der Waals surface area contributed by atoms with Gasteiger partial charge in [0.1, 0.15) is 13.2 Å². The maximum Gasteiger partial charge on any atom is 0.320 e. The second-order valence-electron chi connectivity index (χ2n) is 17.7. The van der Waals surface area contributed by atoms with Gasteiger partial charge in [0.2, 0.25) is 0 Å². The zero-order valence-electron chi connectivity index (χ0n) is 30.6. The van der Waals surface area contributed by atoms with Gasteiger partial charge in [0, 0.05) is 47.8 Å². The number of ether oxygens (including phenoxy) is 6. The minimum Gasteiger partial charge on any atom is -0.464 e. The van der Waals surface area contributed by atoms with E-state index in [1.165, 1.54) is 0 Å². The molecule has 0 amide bonds. The Hall–Kier alpha value is -1.34. The number of carbonyl (C=O) groups excluding carboxylic acids is 2. The lowest BCUT2D eigenvalue weighted by atomic mass is 9.77. The van der Waals surface area contributed by atoms with E-state index < -0.39 is 34.3 Å². The molecular formula is C35H63N3O8. The van der Waals surface area contributed by atoms with Crippen LogP contribution in [0.25, 0.3) is 0 Å². The minimum atomic E-state index is -0.643. The maximum atomic E-state index is 12.8. The fourth-order valence-corrected chi connectivity index (χ4v) is 8.37. The average Bonchev–Trinajstić information content (AvgIpc) is 2.89. The minimum absolute atomic E-state index is 0.0259. The lowest BCUT2D eigenvalue weighted by Crippen LogP contribution is -2.67. The number of nitrogens with zero attached hydrogens (tertiary/aromatic N) is 1. The molecule has 0 saturated carbocycles. The Kier molecular flexibility index (Phi) is 10.7. The summed E-state index contributed by atoms with van der Waals surface area (Å²) in [5.41, 5.74) is -1.29. The Morgan fingerprint density at radius 1 is 0.587 bits per heavy atom. The molecule has 11 nitrogen and oxygen atoms in total. The lowest BCUT2D eigenvalue weighted by Gasteiger charge is -2.55. The third kappa shape index (κ3) is 9.42. The van der Waals surface area contributed by atoms with E-state index in [2.05, 4.69) is 79.9 Å². The van der Waals surface area contributed by atoms with Crippen LogP contribution in [0.1, 0.15) is 108 Å². The molecule has 266 valence electrons. The van der Waals surface area contributed by atoms with Crippen LogP contribution in [0.5, 0.6) is 0 Å². The Balaban J connectivity index is 1.20. The summed E-state index contributed by atoms with van der Waals surface area (Å²) in [4.78, 5) is 27.2. The molecule has 4 fully saturated rings. The number of piperidine rings is 2. The SMILES string of the molecule is CCC1(COC(=O)CN(C)CC(=O)OCC2(CC)COC3(CC(C)(C)NC(C)(C)C3)OC2)COC2(CC(C)(C)NC(C)(C)C2)OC1. The van der Waals surface area contributed by atoms with Gasteiger partial charge in [-0.1, -0.05) is 13.8 Å². The zero-order valence-corrected chi connectivity index (χ0v) is 30.6. The fraction of sp³-hybridized carbons (Fsp3) is 0.943.